The van der Waals surface area contributed by atoms with Crippen molar-refractivity contribution in [2.45, 2.75) is 38.0 Å². The lowest BCUT2D eigenvalue weighted by molar-refractivity contribution is -0.135. The molecule has 2 aliphatic heterocycles. The van der Waals surface area contributed by atoms with Gasteiger partial charge in [0.15, 0.2) is 15.5 Å². The number of primary amides is 1. The predicted octanol–water partition coefficient (Wildman–Crippen LogP) is -0.310. The van der Waals surface area contributed by atoms with Crippen LogP contribution in [0.3, 0.4) is 0 Å². The molecule has 2 N–H and O–H groups in total. The number of sulfone groups is 1. The monoisotopic (exact) mass is 448 g/mol. The number of nitrogens with two attached hydrogens (primary N) is 1. The molecule has 0 aliphatic carbocycles. The van der Waals surface area contributed by atoms with Crippen LogP contribution in [0.1, 0.15) is 29.8 Å². The van der Waals surface area contributed by atoms with E-state index in [4.69, 9.17) is 10.5 Å². The molecule has 2 aromatic rings. The highest BCUT2D eigenvalue weighted by atomic mass is 32.2. The van der Waals surface area contributed by atoms with Gasteiger partial charge in [-0.1, -0.05) is 18.2 Å². The standard InChI is InChI=1S/C20H24N4O6S/c21-19(26)18-15-5-1-2-6-16(15)20(27)24(22-18)11-17(25)23(10-14-4-3-8-30-14)13-7-9-31(28,29)12-13/h1-2,5-6,13-14H,3-4,7-12H2,(H2,21,26). The average Bonchev–Trinajstić information content (AvgIpc) is 3.37. The Bertz CT molecular complexity index is 1190. The Labute approximate surface area is 178 Å². The van der Waals surface area contributed by atoms with Crippen LogP contribution in [-0.4, -0.2) is 71.7 Å². The van der Waals surface area contributed by atoms with Gasteiger partial charge in [0.2, 0.25) is 5.91 Å². The number of hydrogen-bond donors (Lipinski definition) is 1. The molecule has 2 saturated heterocycles. The summed E-state index contributed by atoms with van der Waals surface area (Å²) >= 11 is 0. The van der Waals surface area contributed by atoms with Gasteiger partial charge in [0, 0.05) is 24.6 Å². The Kier molecular flexibility index (Phi) is 5.80. The fraction of sp³-hybridized carbons (Fsp3) is 0.500. The topological polar surface area (TPSA) is 142 Å². The fourth-order valence-electron chi connectivity index (χ4n) is 4.23. The summed E-state index contributed by atoms with van der Waals surface area (Å²) in [6.07, 6.45) is 1.83. The molecule has 0 radical (unpaired) electrons. The molecule has 11 heteroatoms. The van der Waals surface area contributed by atoms with Gasteiger partial charge in [0.1, 0.15) is 6.54 Å². The van der Waals surface area contributed by atoms with E-state index in [0.29, 0.717) is 18.4 Å². The van der Waals surface area contributed by atoms with Gasteiger partial charge < -0.3 is 15.4 Å². The molecule has 2 atom stereocenters. The number of aromatic nitrogens is 2. The number of ether oxygens (including phenoxy) is 1. The molecule has 1 aromatic carbocycles. The Morgan fingerprint density at radius 2 is 1.97 bits per heavy atom. The van der Waals surface area contributed by atoms with Crippen molar-refractivity contribution in [2.75, 3.05) is 24.7 Å². The van der Waals surface area contributed by atoms with Crippen LogP contribution in [-0.2, 0) is 25.9 Å². The summed E-state index contributed by atoms with van der Waals surface area (Å²) in [7, 11) is -3.22. The first-order chi connectivity index (χ1) is 14.7. The maximum Gasteiger partial charge on any atom is 0.275 e. The molecule has 166 valence electrons. The first-order valence-electron chi connectivity index (χ1n) is 10.2. The van der Waals surface area contributed by atoms with E-state index >= 15 is 0 Å². The minimum absolute atomic E-state index is 0.0208. The van der Waals surface area contributed by atoms with E-state index in [1.54, 1.807) is 24.3 Å². The normalized spacial score (nSPS) is 22.6. The maximum absolute atomic E-state index is 13.2. The Morgan fingerprint density at radius 3 is 2.58 bits per heavy atom. The molecule has 4 rings (SSSR count). The van der Waals surface area contributed by atoms with Crippen molar-refractivity contribution in [1.29, 1.82) is 0 Å². The highest BCUT2D eigenvalue weighted by Gasteiger charge is 2.36. The van der Waals surface area contributed by atoms with E-state index in [-0.39, 0.29) is 35.2 Å². The van der Waals surface area contributed by atoms with Gasteiger partial charge in [-0.2, -0.15) is 5.10 Å². The predicted molar refractivity (Wildman–Crippen MR) is 112 cm³/mol. The van der Waals surface area contributed by atoms with Crippen molar-refractivity contribution in [2.24, 2.45) is 5.73 Å². The number of hydrogen-bond acceptors (Lipinski definition) is 7. The average molecular weight is 449 g/mol. The van der Waals surface area contributed by atoms with E-state index < -0.39 is 39.8 Å². The largest absolute Gasteiger partial charge is 0.376 e. The molecular formula is C20H24N4O6S. The van der Waals surface area contributed by atoms with Crippen molar-refractivity contribution in [1.82, 2.24) is 14.7 Å². The highest BCUT2D eigenvalue weighted by Crippen LogP contribution is 2.22. The summed E-state index contributed by atoms with van der Waals surface area (Å²) in [6.45, 7) is 0.431. The van der Waals surface area contributed by atoms with Crippen LogP contribution in [0.15, 0.2) is 29.1 Å². The van der Waals surface area contributed by atoms with Gasteiger partial charge in [0.05, 0.1) is 23.0 Å². The zero-order valence-electron chi connectivity index (χ0n) is 16.9. The van der Waals surface area contributed by atoms with E-state index in [1.807, 2.05) is 0 Å². The molecule has 0 saturated carbocycles. The zero-order chi connectivity index (χ0) is 22.2. The van der Waals surface area contributed by atoms with Gasteiger partial charge in [-0.15, -0.1) is 0 Å². The summed E-state index contributed by atoms with van der Waals surface area (Å²) in [4.78, 5) is 39.5. The van der Waals surface area contributed by atoms with Crippen LogP contribution < -0.4 is 11.3 Å². The second-order valence-electron chi connectivity index (χ2n) is 7.96. The first kappa shape index (κ1) is 21.4. The molecule has 1 aromatic heterocycles. The summed E-state index contributed by atoms with van der Waals surface area (Å²) < 4.78 is 30.6. The van der Waals surface area contributed by atoms with Crippen molar-refractivity contribution < 1.29 is 22.7 Å². The van der Waals surface area contributed by atoms with Gasteiger partial charge in [-0.3, -0.25) is 14.4 Å². The number of rotatable bonds is 6. The molecule has 2 unspecified atom stereocenters. The molecule has 2 fully saturated rings. The number of amides is 2. The van der Waals surface area contributed by atoms with Crippen LogP contribution in [0.25, 0.3) is 10.8 Å². The van der Waals surface area contributed by atoms with E-state index in [9.17, 15) is 22.8 Å². The number of carbonyl (C=O) groups excluding carboxylic acids is 2. The second kappa shape index (κ2) is 8.39. The lowest BCUT2D eigenvalue weighted by atomic mass is 10.1. The van der Waals surface area contributed by atoms with Crippen molar-refractivity contribution >= 4 is 32.4 Å². The van der Waals surface area contributed by atoms with E-state index in [2.05, 4.69) is 5.10 Å². The molecule has 0 bridgehead atoms. The van der Waals surface area contributed by atoms with Crippen molar-refractivity contribution in [3.8, 4) is 0 Å². The second-order valence-corrected chi connectivity index (χ2v) is 10.2. The van der Waals surface area contributed by atoms with Crippen LogP contribution in [0.5, 0.6) is 0 Å². The lowest BCUT2D eigenvalue weighted by Gasteiger charge is -2.30. The third-order valence-electron chi connectivity index (χ3n) is 5.78. The number of nitrogens with zero attached hydrogens (tertiary/aromatic N) is 3. The van der Waals surface area contributed by atoms with Crippen LogP contribution in [0.2, 0.25) is 0 Å². The van der Waals surface area contributed by atoms with Gasteiger partial charge in [-0.25, -0.2) is 13.1 Å². The molecule has 3 heterocycles. The minimum atomic E-state index is -3.22. The molecule has 0 spiro atoms. The maximum atomic E-state index is 13.2. The van der Waals surface area contributed by atoms with Crippen molar-refractivity contribution in [3.05, 3.63) is 40.3 Å². The highest BCUT2D eigenvalue weighted by molar-refractivity contribution is 7.91. The molecular weight excluding hydrogens is 424 g/mol. The van der Waals surface area contributed by atoms with E-state index in [1.165, 1.54) is 4.90 Å². The van der Waals surface area contributed by atoms with Gasteiger partial charge >= 0.3 is 0 Å². The zero-order valence-corrected chi connectivity index (χ0v) is 17.7. The first-order valence-corrected chi connectivity index (χ1v) is 12.0. The SMILES string of the molecule is NC(=O)c1nn(CC(=O)N(CC2CCCO2)C2CCS(=O)(=O)C2)c(=O)c2ccccc12. The Balaban J connectivity index is 1.66. The molecule has 2 amide bonds. The van der Waals surface area contributed by atoms with Crippen LogP contribution >= 0.6 is 0 Å². The van der Waals surface area contributed by atoms with Gasteiger partial charge in [0.25, 0.3) is 11.5 Å². The smallest absolute Gasteiger partial charge is 0.275 e. The lowest BCUT2D eigenvalue weighted by Crippen LogP contribution is -2.47. The summed E-state index contributed by atoms with van der Waals surface area (Å²) in [5, 5.41) is 4.59. The number of benzene rings is 1. The Morgan fingerprint density at radius 1 is 1.23 bits per heavy atom. The summed E-state index contributed by atoms with van der Waals surface area (Å²) in [6, 6.07) is 5.94. The van der Waals surface area contributed by atoms with Crippen LogP contribution in [0, 0.1) is 0 Å². The summed E-state index contributed by atoms with van der Waals surface area (Å²) in [5.41, 5.74) is 4.81. The minimum Gasteiger partial charge on any atom is -0.376 e. The molecule has 2 aliphatic rings. The summed E-state index contributed by atoms with van der Waals surface area (Å²) in [5.74, 6) is -1.35. The third kappa shape index (κ3) is 4.47. The van der Waals surface area contributed by atoms with Crippen molar-refractivity contribution in [3.63, 3.8) is 0 Å². The number of carbonyl (C=O) groups is 2. The quantitative estimate of drug-likeness (QED) is 0.639. The van der Waals surface area contributed by atoms with Crippen LogP contribution in [0.4, 0.5) is 0 Å². The molecule has 31 heavy (non-hydrogen) atoms. The van der Waals surface area contributed by atoms with E-state index in [0.717, 1.165) is 17.5 Å². The Hall–Kier alpha value is -2.79. The molecule has 10 nitrogen and oxygen atoms in total. The van der Waals surface area contributed by atoms with Gasteiger partial charge in [-0.05, 0) is 25.3 Å². The third-order valence-corrected chi connectivity index (χ3v) is 7.53. The number of fused-ring (bicyclic) bond motifs is 1. The fourth-order valence-corrected chi connectivity index (χ4v) is 5.96.